The van der Waals surface area contributed by atoms with Crippen LogP contribution in [-0.4, -0.2) is 18.0 Å². The maximum atomic E-state index is 11.9. The number of carbonyl (C=O) groups excluding carboxylic acids is 1. The van der Waals surface area contributed by atoms with E-state index in [1.807, 2.05) is 0 Å². The number of carbonyl (C=O) groups is 1. The standard InChI is InChI=1S/C15H28N2O/c16-13-8-4-5-9-14(13)17-15(18)11-10-12-6-2-1-3-7-12/h12-14H,1-11,16H2,(H,17,18). The first-order valence-corrected chi connectivity index (χ1v) is 7.80. The van der Waals surface area contributed by atoms with Crippen LogP contribution in [0.1, 0.15) is 70.6 Å². The maximum absolute atomic E-state index is 11.9. The summed E-state index contributed by atoms with van der Waals surface area (Å²) in [5.41, 5.74) is 6.05. The summed E-state index contributed by atoms with van der Waals surface area (Å²) in [5, 5.41) is 3.14. The Balaban J connectivity index is 1.64. The van der Waals surface area contributed by atoms with Crippen LogP contribution < -0.4 is 11.1 Å². The Bertz CT molecular complexity index is 261. The summed E-state index contributed by atoms with van der Waals surface area (Å²) >= 11 is 0. The number of hydrogen-bond acceptors (Lipinski definition) is 2. The van der Waals surface area contributed by atoms with Crippen molar-refractivity contribution in [3.63, 3.8) is 0 Å². The zero-order valence-electron chi connectivity index (χ0n) is 11.5. The van der Waals surface area contributed by atoms with Gasteiger partial charge in [0.15, 0.2) is 0 Å². The van der Waals surface area contributed by atoms with E-state index in [2.05, 4.69) is 5.32 Å². The molecule has 3 N–H and O–H groups in total. The lowest BCUT2D eigenvalue weighted by Gasteiger charge is -2.29. The summed E-state index contributed by atoms with van der Waals surface area (Å²) in [6.07, 6.45) is 13.1. The second-order valence-electron chi connectivity index (χ2n) is 6.17. The van der Waals surface area contributed by atoms with E-state index in [1.165, 1.54) is 44.9 Å². The van der Waals surface area contributed by atoms with Crippen molar-refractivity contribution in [3.05, 3.63) is 0 Å². The van der Waals surface area contributed by atoms with Crippen LogP contribution in [0.4, 0.5) is 0 Å². The minimum atomic E-state index is 0.178. The van der Waals surface area contributed by atoms with E-state index in [9.17, 15) is 4.79 Å². The molecule has 0 aromatic rings. The van der Waals surface area contributed by atoms with E-state index in [4.69, 9.17) is 5.73 Å². The molecule has 3 nitrogen and oxygen atoms in total. The third-order valence-electron chi connectivity index (χ3n) is 4.67. The molecule has 0 aromatic carbocycles. The highest BCUT2D eigenvalue weighted by Crippen LogP contribution is 2.27. The van der Waals surface area contributed by atoms with Crippen molar-refractivity contribution in [1.82, 2.24) is 5.32 Å². The molecule has 0 spiro atoms. The van der Waals surface area contributed by atoms with Gasteiger partial charge in [0.1, 0.15) is 0 Å². The Morgan fingerprint density at radius 1 is 1.00 bits per heavy atom. The quantitative estimate of drug-likeness (QED) is 0.808. The van der Waals surface area contributed by atoms with Crippen molar-refractivity contribution in [3.8, 4) is 0 Å². The number of nitrogens with two attached hydrogens (primary N) is 1. The smallest absolute Gasteiger partial charge is 0.220 e. The minimum absolute atomic E-state index is 0.178. The zero-order valence-corrected chi connectivity index (χ0v) is 11.5. The fourth-order valence-electron chi connectivity index (χ4n) is 3.43. The average molecular weight is 252 g/mol. The summed E-state index contributed by atoms with van der Waals surface area (Å²) in [7, 11) is 0. The summed E-state index contributed by atoms with van der Waals surface area (Å²) < 4.78 is 0. The SMILES string of the molecule is NC1CCCCC1NC(=O)CCC1CCCCC1. The highest BCUT2D eigenvalue weighted by Gasteiger charge is 2.23. The fraction of sp³-hybridized carbons (Fsp3) is 0.933. The molecule has 0 saturated heterocycles. The van der Waals surface area contributed by atoms with Gasteiger partial charge in [-0.2, -0.15) is 0 Å². The molecule has 0 radical (unpaired) electrons. The minimum Gasteiger partial charge on any atom is -0.352 e. The predicted octanol–water partition coefficient (Wildman–Crippen LogP) is 2.73. The second kappa shape index (κ2) is 7.13. The topological polar surface area (TPSA) is 55.1 Å². The molecule has 2 rings (SSSR count). The van der Waals surface area contributed by atoms with Crippen LogP contribution in [0.25, 0.3) is 0 Å². The normalized spacial score (nSPS) is 30.1. The van der Waals surface area contributed by atoms with Gasteiger partial charge in [-0.1, -0.05) is 44.9 Å². The third-order valence-corrected chi connectivity index (χ3v) is 4.67. The van der Waals surface area contributed by atoms with Crippen molar-refractivity contribution in [2.24, 2.45) is 11.7 Å². The lowest BCUT2D eigenvalue weighted by atomic mass is 9.86. The van der Waals surface area contributed by atoms with Gasteiger partial charge in [0.25, 0.3) is 0 Å². The first-order chi connectivity index (χ1) is 8.75. The van der Waals surface area contributed by atoms with Gasteiger partial charge in [0.05, 0.1) is 0 Å². The van der Waals surface area contributed by atoms with E-state index >= 15 is 0 Å². The van der Waals surface area contributed by atoms with Crippen LogP contribution in [0.3, 0.4) is 0 Å². The Morgan fingerprint density at radius 3 is 2.39 bits per heavy atom. The number of nitrogens with one attached hydrogen (secondary N) is 1. The first kappa shape index (κ1) is 13.9. The van der Waals surface area contributed by atoms with Gasteiger partial charge in [0.2, 0.25) is 5.91 Å². The molecule has 3 heteroatoms. The summed E-state index contributed by atoms with van der Waals surface area (Å²) in [6.45, 7) is 0. The molecule has 1 amide bonds. The van der Waals surface area contributed by atoms with E-state index in [0.29, 0.717) is 6.42 Å². The molecule has 2 aliphatic rings. The summed E-state index contributed by atoms with van der Waals surface area (Å²) in [6, 6.07) is 0.412. The number of rotatable bonds is 4. The molecule has 0 heterocycles. The summed E-state index contributed by atoms with van der Waals surface area (Å²) in [5.74, 6) is 1.02. The van der Waals surface area contributed by atoms with Crippen LogP contribution in [0, 0.1) is 5.92 Å². The number of amides is 1. The van der Waals surface area contributed by atoms with Gasteiger partial charge in [0, 0.05) is 18.5 Å². The van der Waals surface area contributed by atoms with Crippen molar-refractivity contribution in [2.75, 3.05) is 0 Å². The highest BCUT2D eigenvalue weighted by molar-refractivity contribution is 5.76. The Hall–Kier alpha value is -0.570. The molecule has 18 heavy (non-hydrogen) atoms. The Labute approximate surface area is 111 Å². The van der Waals surface area contributed by atoms with Gasteiger partial charge in [-0.15, -0.1) is 0 Å². The van der Waals surface area contributed by atoms with E-state index in [0.717, 1.165) is 25.2 Å². The average Bonchev–Trinajstić information content (AvgIpc) is 2.40. The lowest BCUT2D eigenvalue weighted by molar-refractivity contribution is -0.122. The zero-order chi connectivity index (χ0) is 12.8. The third kappa shape index (κ3) is 4.27. The van der Waals surface area contributed by atoms with Crippen molar-refractivity contribution < 1.29 is 4.79 Å². The van der Waals surface area contributed by atoms with Crippen molar-refractivity contribution >= 4 is 5.91 Å². The molecular weight excluding hydrogens is 224 g/mol. The van der Waals surface area contributed by atoms with Crippen LogP contribution in [0.15, 0.2) is 0 Å². The molecular formula is C15H28N2O. The fourth-order valence-corrected chi connectivity index (χ4v) is 3.43. The molecule has 2 aliphatic carbocycles. The molecule has 0 aromatic heterocycles. The predicted molar refractivity (Wildman–Crippen MR) is 74.2 cm³/mol. The van der Waals surface area contributed by atoms with Gasteiger partial charge < -0.3 is 11.1 Å². The highest BCUT2D eigenvalue weighted by atomic mass is 16.1. The molecule has 2 unspecified atom stereocenters. The Morgan fingerprint density at radius 2 is 1.67 bits per heavy atom. The van der Waals surface area contributed by atoms with Crippen LogP contribution in [0.2, 0.25) is 0 Å². The van der Waals surface area contributed by atoms with E-state index in [1.54, 1.807) is 0 Å². The lowest BCUT2D eigenvalue weighted by Crippen LogP contribution is -2.49. The molecule has 104 valence electrons. The van der Waals surface area contributed by atoms with Crippen LogP contribution in [0.5, 0.6) is 0 Å². The summed E-state index contributed by atoms with van der Waals surface area (Å²) in [4.78, 5) is 11.9. The van der Waals surface area contributed by atoms with E-state index in [-0.39, 0.29) is 18.0 Å². The molecule has 2 saturated carbocycles. The molecule has 2 fully saturated rings. The largest absolute Gasteiger partial charge is 0.352 e. The first-order valence-electron chi connectivity index (χ1n) is 7.80. The molecule has 0 bridgehead atoms. The van der Waals surface area contributed by atoms with Gasteiger partial charge >= 0.3 is 0 Å². The van der Waals surface area contributed by atoms with Crippen LogP contribution in [-0.2, 0) is 4.79 Å². The van der Waals surface area contributed by atoms with Crippen molar-refractivity contribution in [1.29, 1.82) is 0 Å². The van der Waals surface area contributed by atoms with Crippen molar-refractivity contribution in [2.45, 2.75) is 82.7 Å². The van der Waals surface area contributed by atoms with Gasteiger partial charge in [-0.05, 0) is 25.2 Å². The molecule has 0 aliphatic heterocycles. The Kier molecular flexibility index (Phi) is 5.48. The molecule has 2 atom stereocenters. The van der Waals surface area contributed by atoms with Gasteiger partial charge in [-0.25, -0.2) is 0 Å². The maximum Gasteiger partial charge on any atom is 0.220 e. The second-order valence-corrected chi connectivity index (χ2v) is 6.17. The van der Waals surface area contributed by atoms with Gasteiger partial charge in [-0.3, -0.25) is 4.79 Å². The monoisotopic (exact) mass is 252 g/mol. The van der Waals surface area contributed by atoms with Crippen LogP contribution >= 0.6 is 0 Å². The van der Waals surface area contributed by atoms with E-state index < -0.39 is 0 Å². The number of hydrogen-bond donors (Lipinski definition) is 2.